The minimum Gasteiger partial charge on any atom is -0.309 e. The Kier molecular flexibility index (Phi) is 7.13. The Labute approximate surface area is 199 Å². The summed E-state index contributed by atoms with van der Waals surface area (Å²) in [5.74, 6) is -0.172. The van der Waals surface area contributed by atoms with E-state index >= 15 is 0 Å². The Morgan fingerprint density at radius 2 is 1.76 bits per heavy atom. The highest BCUT2D eigenvalue weighted by atomic mass is 32.2. The molecule has 0 atom stereocenters. The molecule has 0 radical (unpaired) electrons. The molecule has 0 N–H and O–H groups in total. The fourth-order valence-corrected chi connectivity index (χ4v) is 6.57. The highest BCUT2D eigenvalue weighted by Crippen LogP contribution is 2.31. The number of amides is 1. The molecule has 1 saturated heterocycles. The number of aromatic nitrogens is 1. The maximum absolute atomic E-state index is 13.5. The van der Waals surface area contributed by atoms with Crippen molar-refractivity contribution in [2.24, 2.45) is 0 Å². The fourth-order valence-electron chi connectivity index (χ4n) is 3.97. The quantitative estimate of drug-likeness (QED) is 0.481. The molecule has 3 aromatic rings. The number of carbonyl (C=O) groups excluding carboxylic acids is 1. The molecule has 0 bridgehead atoms. The molecule has 1 fully saturated rings. The third-order valence-corrected chi connectivity index (χ3v) is 8.75. The molecule has 33 heavy (non-hydrogen) atoms. The highest BCUT2D eigenvalue weighted by molar-refractivity contribution is 7.89. The van der Waals surface area contributed by atoms with Crippen molar-refractivity contribution in [3.63, 3.8) is 0 Å². The average molecular weight is 487 g/mol. The van der Waals surface area contributed by atoms with Crippen molar-refractivity contribution >= 4 is 42.6 Å². The van der Waals surface area contributed by atoms with Crippen molar-refractivity contribution in [1.29, 1.82) is 0 Å². The number of carbonyl (C=O) groups is 1. The standard InChI is InChI=1S/C24H30N4O3S2/c1-18-7-12-21-22(17-18)32-24(25-21)28(16-6-13-26(2)3)23(29)19-8-10-20(11-9-19)33(30,31)27-14-4-5-15-27/h7-12,17H,4-6,13-16H2,1-3H3. The average Bonchev–Trinajstić information content (AvgIpc) is 3.46. The van der Waals surface area contributed by atoms with Gasteiger partial charge in [-0.1, -0.05) is 17.4 Å². The van der Waals surface area contributed by atoms with Crippen molar-refractivity contribution in [3.05, 3.63) is 53.6 Å². The zero-order chi connectivity index (χ0) is 23.6. The lowest BCUT2D eigenvalue weighted by Gasteiger charge is -2.21. The van der Waals surface area contributed by atoms with E-state index in [1.165, 1.54) is 15.6 Å². The van der Waals surface area contributed by atoms with Gasteiger partial charge in [0.1, 0.15) is 0 Å². The summed E-state index contributed by atoms with van der Waals surface area (Å²) in [7, 11) is 0.506. The van der Waals surface area contributed by atoms with Crippen LogP contribution in [0.4, 0.5) is 5.13 Å². The van der Waals surface area contributed by atoms with Crippen molar-refractivity contribution in [1.82, 2.24) is 14.2 Å². The molecule has 4 rings (SSSR count). The van der Waals surface area contributed by atoms with E-state index in [-0.39, 0.29) is 10.8 Å². The lowest BCUT2D eigenvalue weighted by Crippen LogP contribution is -2.33. The lowest BCUT2D eigenvalue weighted by molar-refractivity contribution is 0.0986. The van der Waals surface area contributed by atoms with Gasteiger partial charge in [0.25, 0.3) is 5.91 Å². The summed E-state index contributed by atoms with van der Waals surface area (Å²) in [5, 5.41) is 0.660. The van der Waals surface area contributed by atoms with Crippen LogP contribution in [0.25, 0.3) is 10.2 Å². The first kappa shape index (κ1) is 23.8. The van der Waals surface area contributed by atoms with Crippen molar-refractivity contribution < 1.29 is 13.2 Å². The second-order valence-corrected chi connectivity index (χ2v) is 11.7. The van der Waals surface area contributed by atoms with Crippen molar-refractivity contribution in [2.75, 3.05) is 45.2 Å². The van der Waals surface area contributed by atoms with Crippen LogP contribution in [0.5, 0.6) is 0 Å². The summed E-state index contributed by atoms with van der Waals surface area (Å²) in [6.45, 7) is 4.53. The molecular weight excluding hydrogens is 456 g/mol. The largest absolute Gasteiger partial charge is 0.309 e. The van der Waals surface area contributed by atoms with Crippen LogP contribution in [-0.4, -0.2) is 68.8 Å². The fraction of sp³-hybridized carbons (Fsp3) is 0.417. The number of hydrogen-bond donors (Lipinski definition) is 0. The van der Waals surface area contributed by atoms with Crippen LogP contribution in [0, 0.1) is 6.92 Å². The van der Waals surface area contributed by atoms with E-state index in [2.05, 4.69) is 11.0 Å². The van der Waals surface area contributed by atoms with Crippen LogP contribution in [-0.2, 0) is 10.0 Å². The first-order chi connectivity index (χ1) is 15.8. The maximum atomic E-state index is 13.5. The van der Waals surface area contributed by atoms with Gasteiger partial charge in [0.2, 0.25) is 10.0 Å². The summed E-state index contributed by atoms with van der Waals surface area (Å²) in [6.07, 6.45) is 2.58. The Hall–Kier alpha value is -2.33. The number of fused-ring (bicyclic) bond motifs is 1. The highest BCUT2D eigenvalue weighted by Gasteiger charge is 2.28. The van der Waals surface area contributed by atoms with E-state index in [1.807, 2.05) is 33.2 Å². The summed E-state index contributed by atoms with van der Waals surface area (Å²) in [5.41, 5.74) is 2.48. The Morgan fingerprint density at radius 1 is 1.06 bits per heavy atom. The summed E-state index contributed by atoms with van der Waals surface area (Å²) in [6, 6.07) is 12.4. The predicted molar refractivity (Wildman–Crippen MR) is 134 cm³/mol. The van der Waals surface area contributed by atoms with E-state index in [1.54, 1.807) is 29.2 Å². The summed E-state index contributed by atoms with van der Waals surface area (Å²) >= 11 is 1.50. The molecule has 7 nitrogen and oxygen atoms in total. The molecule has 2 heterocycles. The molecule has 1 aliphatic rings. The Morgan fingerprint density at radius 3 is 2.42 bits per heavy atom. The van der Waals surface area contributed by atoms with E-state index in [9.17, 15) is 13.2 Å². The van der Waals surface area contributed by atoms with Crippen LogP contribution in [0.2, 0.25) is 0 Å². The lowest BCUT2D eigenvalue weighted by atomic mass is 10.2. The number of benzene rings is 2. The monoisotopic (exact) mass is 486 g/mol. The Balaban J connectivity index is 1.61. The van der Waals surface area contributed by atoms with Gasteiger partial charge >= 0.3 is 0 Å². The van der Waals surface area contributed by atoms with Gasteiger partial charge in [0.05, 0.1) is 15.1 Å². The molecule has 1 aliphatic heterocycles. The molecule has 2 aromatic carbocycles. The molecule has 0 unspecified atom stereocenters. The van der Waals surface area contributed by atoms with Crippen molar-refractivity contribution in [2.45, 2.75) is 31.1 Å². The van der Waals surface area contributed by atoms with Crippen LogP contribution in [0.15, 0.2) is 47.4 Å². The molecule has 9 heteroatoms. The van der Waals surface area contributed by atoms with Crippen LogP contribution >= 0.6 is 11.3 Å². The summed E-state index contributed by atoms with van der Waals surface area (Å²) in [4.78, 5) is 22.2. The van der Waals surface area contributed by atoms with Crippen molar-refractivity contribution in [3.8, 4) is 0 Å². The van der Waals surface area contributed by atoms with E-state index < -0.39 is 10.0 Å². The van der Waals surface area contributed by atoms with Crippen LogP contribution < -0.4 is 4.90 Å². The SMILES string of the molecule is Cc1ccc2nc(N(CCCN(C)C)C(=O)c3ccc(S(=O)(=O)N4CCCC4)cc3)sc2c1. The smallest absolute Gasteiger partial charge is 0.260 e. The van der Waals surface area contributed by atoms with Gasteiger partial charge in [-0.25, -0.2) is 13.4 Å². The minimum absolute atomic E-state index is 0.172. The first-order valence-corrected chi connectivity index (χ1v) is 13.5. The molecule has 0 spiro atoms. The number of sulfonamides is 1. The van der Waals surface area contributed by atoms with E-state index in [4.69, 9.17) is 4.98 Å². The third kappa shape index (κ3) is 5.27. The second-order valence-electron chi connectivity index (χ2n) is 8.72. The zero-order valence-corrected chi connectivity index (χ0v) is 21.0. The molecule has 176 valence electrons. The van der Waals surface area contributed by atoms with Gasteiger partial charge in [-0.15, -0.1) is 0 Å². The number of hydrogen-bond acceptors (Lipinski definition) is 6. The van der Waals surface area contributed by atoms with Crippen LogP contribution in [0.1, 0.15) is 35.2 Å². The first-order valence-electron chi connectivity index (χ1n) is 11.2. The number of thiazole rings is 1. The van der Waals surface area contributed by atoms with Gasteiger partial charge in [-0.05, 0) is 88.8 Å². The Bertz CT molecular complexity index is 1230. The van der Waals surface area contributed by atoms with Gasteiger partial charge in [0.15, 0.2) is 5.13 Å². The van der Waals surface area contributed by atoms with Gasteiger partial charge in [0, 0.05) is 25.2 Å². The normalized spacial score (nSPS) is 14.9. The molecule has 1 amide bonds. The topological polar surface area (TPSA) is 73.8 Å². The summed E-state index contributed by atoms with van der Waals surface area (Å²) < 4.78 is 28.2. The number of anilines is 1. The van der Waals surface area contributed by atoms with Gasteiger partial charge in [-0.2, -0.15) is 4.31 Å². The van der Waals surface area contributed by atoms with E-state index in [0.717, 1.165) is 41.6 Å². The number of nitrogens with zero attached hydrogens (tertiary/aromatic N) is 4. The molecule has 0 saturated carbocycles. The number of rotatable bonds is 8. The van der Waals surface area contributed by atoms with E-state index in [0.29, 0.717) is 30.3 Å². The number of aryl methyl sites for hydroxylation is 1. The molecule has 1 aromatic heterocycles. The third-order valence-electron chi connectivity index (χ3n) is 5.80. The van der Waals surface area contributed by atoms with Gasteiger partial charge in [-0.3, -0.25) is 9.69 Å². The molecule has 0 aliphatic carbocycles. The second kappa shape index (κ2) is 9.89. The molecular formula is C24H30N4O3S2. The maximum Gasteiger partial charge on any atom is 0.260 e. The zero-order valence-electron chi connectivity index (χ0n) is 19.3. The van der Waals surface area contributed by atoms with Crippen LogP contribution in [0.3, 0.4) is 0 Å². The minimum atomic E-state index is -3.51. The van der Waals surface area contributed by atoms with Gasteiger partial charge < -0.3 is 4.90 Å². The predicted octanol–water partition coefficient (Wildman–Crippen LogP) is 3.99.